The summed E-state index contributed by atoms with van der Waals surface area (Å²) in [6.45, 7) is 1.93. The molecule has 0 aliphatic heterocycles. The largest absolute Gasteiger partial charge is 0.299 e. The number of halogens is 3. The van der Waals surface area contributed by atoms with Gasteiger partial charge in [0.2, 0.25) is 0 Å². The van der Waals surface area contributed by atoms with Crippen molar-refractivity contribution in [2.75, 3.05) is 0 Å². The molecule has 1 saturated carbocycles. The van der Waals surface area contributed by atoms with Gasteiger partial charge in [-0.2, -0.15) is 0 Å². The van der Waals surface area contributed by atoms with Gasteiger partial charge in [-0.15, -0.1) is 0 Å². The average Bonchev–Trinajstić information content (AvgIpc) is 2.90. The zero-order valence-corrected chi connectivity index (χ0v) is 13.8. The maximum absolute atomic E-state index is 13.7. The van der Waals surface area contributed by atoms with Gasteiger partial charge in [0, 0.05) is 12.8 Å². The molecule has 0 N–H and O–H groups in total. The van der Waals surface area contributed by atoms with E-state index < -0.39 is 22.6 Å². The van der Waals surface area contributed by atoms with Crippen molar-refractivity contribution >= 4 is 23.2 Å². The van der Waals surface area contributed by atoms with E-state index in [-0.39, 0.29) is 24.4 Å². The summed E-state index contributed by atoms with van der Waals surface area (Å²) in [6, 6.07) is 7.51. The smallest absolute Gasteiger partial charge is 0.148 e. The van der Waals surface area contributed by atoms with Crippen LogP contribution in [0.2, 0.25) is 5.02 Å². The van der Waals surface area contributed by atoms with Crippen LogP contribution < -0.4 is 0 Å². The van der Waals surface area contributed by atoms with Gasteiger partial charge in [-0.25, -0.2) is 8.78 Å². The van der Waals surface area contributed by atoms with Gasteiger partial charge in [0.1, 0.15) is 34.1 Å². The first kappa shape index (κ1) is 16.8. The Morgan fingerprint density at radius 1 is 1.00 bits per heavy atom. The minimum Gasteiger partial charge on any atom is -0.299 e. The summed E-state index contributed by atoms with van der Waals surface area (Å²) in [6.07, 6.45) is 1.16. The molecule has 1 aliphatic carbocycles. The Labute approximate surface area is 143 Å². The molecular formula is C19H15ClF2O2. The number of hydrogen-bond acceptors (Lipinski definition) is 2. The summed E-state index contributed by atoms with van der Waals surface area (Å²) in [5.74, 6) is -2.65. The molecule has 0 amide bonds. The first-order chi connectivity index (χ1) is 11.4. The van der Waals surface area contributed by atoms with Gasteiger partial charge in [-0.3, -0.25) is 9.59 Å². The Morgan fingerprint density at radius 3 is 2.12 bits per heavy atom. The first-order valence-electron chi connectivity index (χ1n) is 7.75. The molecule has 5 heteroatoms. The number of hydrogen-bond donors (Lipinski definition) is 0. The Kier molecular flexibility index (Phi) is 4.50. The van der Waals surface area contributed by atoms with E-state index in [2.05, 4.69) is 0 Å². The highest BCUT2D eigenvalue weighted by molar-refractivity contribution is 6.31. The third kappa shape index (κ3) is 2.86. The van der Waals surface area contributed by atoms with Crippen LogP contribution in [0.15, 0.2) is 30.3 Å². The summed E-state index contributed by atoms with van der Waals surface area (Å²) in [4.78, 5) is 24.2. The monoisotopic (exact) mass is 348 g/mol. The van der Waals surface area contributed by atoms with Crippen molar-refractivity contribution in [3.8, 4) is 11.1 Å². The quantitative estimate of drug-likeness (QED) is 0.586. The number of benzene rings is 2. The first-order valence-corrected chi connectivity index (χ1v) is 8.13. The average molecular weight is 349 g/mol. The number of Topliss-reactive ketones (excluding diaryl/α,β-unsaturated/α-hetero) is 2. The number of carbonyl (C=O) groups is 2. The minimum absolute atomic E-state index is 0.0969. The van der Waals surface area contributed by atoms with Crippen LogP contribution in [0.3, 0.4) is 0 Å². The van der Waals surface area contributed by atoms with Gasteiger partial charge in [-0.1, -0.05) is 30.7 Å². The van der Waals surface area contributed by atoms with E-state index in [1.54, 1.807) is 18.2 Å². The summed E-state index contributed by atoms with van der Waals surface area (Å²) in [5.41, 5.74) is 2.39. The van der Waals surface area contributed by atoms with Crippen LogP contribution >= 0.6 is 11.6 Å². The second-order valence-corrected chi connectivity index (χ2v) is 6.26. The van der Waals surface area contributed by atoms with Crippen LogP contribution in [0.5, 0.6) is 0 Å². The third-order valence-corrected chi connectivity index (χ3v) is 4.78. The highest BCUT2D eigenvalue weighted by Gasteiger charge is 2.35. The van der Waals surface area contributed by atoms with E-state index in [0.29, 0.717) is 23.1 Å². The molecule has 24 heavy (non-hydrogen) atoms. The molecule has 0 radical (unpaired) electrons. The molecule has 3 rings (SSSR count). The molecule has 0 saturated heterocycles. The molecule has 0 aromatic heterocycles. The lowest BCUT2D eigenvalue weighted by atomic mass is 9.88. The van der Waals surface area contributed by atoms with Gasteiger partial charge in [-0.05, 0) is 46.9 Å². The SMILES string of the molecule is CCc1ccc(-c2cc(F)c(Cl)c(F)c2)cc1C1C(=O)CCC1=O. The molecular weight excluding hydrogens is 334 g/mol. The lowest BCUT2D eigenvalue weighted by molar-refractivity contribution is -0.123. The number of carbonyl (C=O) groups excluding carboxylic acids is 2. The van der Waals surface area contributed by atoms with Crippen LogP contribution in [0.4, 0.5) is 8.78 Å². The summed E-state index contributed by atoms with van der Waals surface area (Å²) in [5, 5.41) is -0.551. The van der Waals surface area contributed by atoms with E-state index in [1.807, 2.05) is 6.92 Å². The maximum atomic E-state index is 13.7. The molecule has 2 aromatic carbocycles. The normalized spacial score (nSPS) is 15.3. The van der Waals surface area contributed by atoms with Crippen LogP contribution in [-0.2, 0) is 16.0 Å². The predicted molar refractivity (Wildman–Crippen MR) is 88.2 cm³/mol. The standard InChI is InChI=1S/C19H15ClF2O2/c1-2-10-3-4-11(12-8-14(21)19(20)15(22)9-12)7-13(10)18-16(23)5-6-17(18)24/h3-4,7-9,18H,2,5-6H2,1H3. The molecule has 124 valence electrons. The van der Waals surface area contributed by atoms with Crippen molar-refractivity contribution in [2.45, 2.75) is 32.1 Å². The summed E-state index contributed by atoms with van der Waals surface area (Å²) in [7, 11) is 0. The molecule has 2 nitrogen and oxygen atoms in total. The predicted octanol–water partition coefficient (Wildman–Crippen LogP) is 4.86. The number of rotatable bonds is 3. The van der Waals surface area contributed by atoms with E-state index in [1.165, 1.54) is 0 Å². The highest BCUT2D eigenvalue weighted by atomic mass is 35.5. The molecule has 0 spiro atoms. The van der Waals surface area contributed by atoms with Crippen molar-refractivity contribution in [3.05, 3.63) is 58.1 Å². The molecule has 0 heterocycles. The summed E-state index contributed by atoms with van der Waals surface area (Å²) < 4.78 is 27.4. The highest BCUT2D eigenvalue weighted by Crippen LogP contribution is 2.35. The van der Waals surface area contributed by atoms with Crippen molar-refractivity contribution in [3.63, 3.8) is 0 Å². The molecule has 0 unspecified atom stereocenters. The maximum Gasteiger partial charge on any atom is 0.148 e. The lowest BCUT2D eigenvalue weighted by Crippen LogP contribution is -2.14. The van der Waals surface area contributed by atoms with Gasteiger partial charge in [0.15, 0.2) is 0 Å². The van der Waals surface area contributed by atoms with E-state index in [4.69, 9.17) is 11.6 Å². The van der Waals surface area contributed by atoms with E-state index >= 15 is 0 Å². The van der Waals surface area contributed by atoms with Gasteiger partial charge < -0.3 is 0 Å². The Bertz CT molecular complexity index is 806. The molecule has 1 aliphatic rings. The van der Waals surface area contributed by atoms with E-state index in [9.17, 15) is 18.4 Å². The van der Waals surface area contributed by atoms with Crippen molar-refractivity contribution in [2.24, 2.45) is 0 Å². The number of aryl methyl sites for hydroxylation is 1. The van der Waals surface area contributed by atoms with Crippen molar-refractivity contribution in [1.29, 1.82) is 0 Å². The van der Waals surface area contributed by atoms with E-state index in [0.717, 1.165) is 17.7 Å². The number of ketones is 2. The van der Waals surface area contributed by atoms with Crippen molar-refractivity contribution in [1.82, 2.24) is 0 Å². The lowest BCUT2D eigenvalue weighted by Gasteiger charge is -2.15. The second-order valence-electron chi connectivity index (χ2n) is 5.89. The Hall–Kier alpha value is -2.07. The molecule has 1 fully saturated rings. The zero-order chi connectivity index (χ0) is 17.4. The topological polar surface area (TPSA) is 34.1 Å². The minimum atomic E-state index is -0.846. The van der Waals surface area contributed by atoms with Crippen LogP contribution in [0.25, 0.3) is 11.1 Å². The fourth-order valence-electron chi connectivity index (χ4n) is 3.15. The molecule has 0 atom stereocenters. The van der Waals surface area contributed by atoms with Gasteiger partial charge in [0.25, 0.3) is 0 Å². The van der Waals surface area contributed by atoms with Crippen LogP contribution in [0.1, 0.15) is 36.8 Å². The fraction of sp³-hybridized carbons (Fsp3) is 0.263. The van der Waals surface area contributed by atoms with Crippen LogP contribution in [0, 0.1) is 11.6 Å². The van der Waals surface area contributed by atoms with Crippen LogP contribution in [-0.4, -0.2) is 11.6 Å². The van der Waals surface area contributed by atoms with Crippen molar-refractivity contribution < 1.29 is 18.4 Å². The Balaban J connectivity index is 2.13. The summed E-state index contributed by atoms with van der Waals surface area (Å²) >= 11 is 5.52. The second kappa shape index (κ2) is 6.44. The van der Waals surface area contributed by atoms with Gasteiger partial charge in [0.05, 0.1) is 0 Å². The molecule has 2 aromatic rings. The van der Waals surface area contributed by atoms with Gasteiger partial charge >= 0.3 is 0 Å². The third-order valence-electron chi connectivity index (χ3n) is 4.42. The molecule has 0 bridgehead atoms. The zero-order valence-electron chi connectivity index (χ0n) is 13.0. The Morgan fingerprint density at radius 2 is 1.58 bits per heavy atom. The fourth-order valence-corrected chi connectivity index (χ4v) is 3.26.